The van der Waals surface area contributed by atoms with Crippen LogP contribution in [-0.4, -0.2) is 35.4 Å². The minimum atomic E-state index is 0.105. The number of aromatic nitrogens is 1. The van der Waals surface area contributed by atoms with Crippen LogP contribution in [0.15, 0.2) is 12.3 Å². The first-order valence-corrected chi connectivity index (χ1v) is 7.00. The lowest BCUT2D eigenvalue weighted by Gasteiger charge is -2.28. The minimum absolute atomic E-state index is 0.105. The van der Waals surface area contributed by atoms with Crippen molar-refractivity contribution < 1.29 is 4.79 Å². The van der Waals surface area contributed by atoms with E-state index in [1.54, 1.807) is 6.20 Å². The average molecular weight is 261 g/mol. The van der Waals surface area contributed by atoms with E-state index in [1.807, 2.05) is 24.9 Å². The highest BCUT2D eigenvalue weighted by atomic mass is 16.2. The van der Waals surface area contributed by atoms with Crippen LogP contribution in [0.4, 0.5) is 5.69 Å². The Morgan fingerprint density at radius 2 is 2.26 bits per heavy atom. The number of carbonyl (C=O) groups excluding carboxylic acids is 1. The Hall–Kier alpha value is -1.58. The molecular formula is C15H23N3O. The molecule has 1 aliphatic rings. The Morgan fingerprint density at radius 3 is 2.89 bits per heavy atom. The van der Waals surface area contributed by atoms with E-state index in [1.165, 1.54) is 0 Å². The van der Waals surface area contributed by atoms with Gasteiger partial charge in [0.15, 0.2) is 0 Å². The molecule has 1 amide bonds. The van der Waals surface area contributed by atoms with Crippen LogP contribution in [0.3, 0.4) is 0 Å². The number of likely N-dealkylation sites (tertiary alicyclic amines) is 1. The summed E-state index contributed by atoms with van der Waals surface area (Å²) in [6.07, 6.45) is 3.90. The van der Waals surface area contributed by atoms with Gasteiger partial charge in [0.05, 0.1) is 11.3 Å². The molecule has 1 aliphatic heterocycles. The van der Waals surface area contributed by atoms with Gasteiger partial charge in [0, 0.05) is 31.5 Å². The summed E-state index contributed by atoms with van der Waals surface area (Å²) in [7, 11) is 1.84. The van der Waals surface area contributed by atoms with Crippen molar-refractivity contribution in [1.29, 1.82) is 0 Å². The number of hydrogen-bond acceptors (Lipinski definition) is 3. The third-order valence-electron chi connectivity index (χ3n) is 3.87. The summed E-state index contributed by atoms with van der Waals surface area (Å²) < 4.78 is 0. The molecule has 1 N–H and O–H groups in total. The van der Waals surface area contributed by atoms with Crippen LogP contribution in [-0.2, 0) is 0 Å². The highest BCUT2D eigenvalue weighted by molar-refractivity contribution is 5.99. The second kappa shape index (κ2) is 5.59. The molecule has 0 saturated carbocycles. The van der Waals surface area contributed by atoms with Gasteiger partial charge in [-0.3, -0.25) is 9.78 Å². The summed E-state index contributed by atoms with van der Waals surface area (Å²) in [6.45, 7) is 7.16. The molecular weight excluding hydrogens is 238 g/mol. The first-order valence-electron chi connectivity index (χ1n) is 7.00. The van der Waals surface area contributed by atoms with E-state index < -0.39 is 0 Å². The Balaban J connectivity index is 2.29. The van der Waals surface area contributed by atoms with Gasteiger partial charge in [0.1, 0.15) is 0 Å². The zero-order chi connectivity index (χ0) is 14.0. The summed E-state index contributed by atoms with van der Waals surface area (Å²) in [5.74, 6) is 0.607. The molecule has 1 saturated heterocycles. The van der Waals surface area contributed by atoms with Crippen molar-refractivity contribution in [1.82, 2.24) is 9.88 Å². The Labute approximate surface area is 115 Å². The van der Waals surface area contributed by atoms with Crippen molar-refractivity contribution in [3.05, 3.63) is 23.5 Å². The molecule has 19 heavy (non-hydrogen) atoms. The van der Waals surface area contributed by atoms with Gasteiger partial charge in [-0.2, -0.15) is 0 Å². The van der Waals surface area contributed by atoms with Gasteiger partial charge in [-0.1, -0.05) is 13.8 Å². The summed E-state index contributed by atoms with van der Waals surface area (Å²) in [6, 6.07) is 2.28. The van der Waals surface area contributed by atoms with Crippen molar-refractivity contribution in [2.45, 2.75) is 39.7 Å². The van der Waals surface area contributed by atoms with E-state index in [2.05, 4.69) is 24.1 Å². The number of nitrogens with zero attached hydrogens (tertiary/aromatic N) is 2. The maximum absolute atomic E-state index is 12.7. The van der Waals surface area contributed by atoms with Gasteiger partial charge in [0.2, 0.25) is 0 Å². The predicted octanol–water partition coefficient (Wildman–Crippen LogP) is 2.69. The molecule has 2 heterocycles. The number of amides is 1. The third kappa shape index (κ3) is 2.72. The van der Waals surface area contributed by atoms with Crippen LogP contribution in [0.1, 0.15) is 42.7 Å². The second-order valence-electron chi connectivity index (χ2n) is 5.57. The Bertz CT molecular complexity index is 470. The first-order chi connectivity index (χ1) is 9.04. The van der Waals surface area contributed by atoms with E-state index in [0.29, 0.717) is 17.5 Å². The SMILES string of the molecule is CNc1cc(C)ncc1C(=O)N1CCCC1C(C)C. The number of nitrogens with one attached hydrogen (secondary N) is 1. The first kappa shape index (κ1) is 13.8. The molecule has 104 valence electrons. The maximum Gasteiger partial charge on any atom is 0.257 e. The molecule has 0 aliphatic carbocycles. The molecule has 1 atom stereocenters. The van der Waals surface area contributed by atoms with Crippen LogP contribution >= 0.6 is 0 Å². The molecule has 1 aromatic rings. The number of anilines is 1. The normalized spacial score (nSPS) is 19.0. The number of aryl methyl sites for hydroxylation is 1. The summed E-state index contributed by atoms with van der Waals surface area (Å²) >= 11 is 0. The fourth-order valence-corrected chi connectivity index (χ4v) is 2.83. The Kier molecular flexibility index (Phi) is 4.08. The fourth-order valence-electron chi connectivity index (χ4n) is 2.83. The largest absolute Gasteiger partial charge is 0.387 e. The minimum Gasteiger partial charge on any atom is -0.387 e. The van der Waals surface area contributed by atoms with E-state index >= 15 is 0 Å². The standard InChI is InChI=1S/C15H23N3O/c1-10(2)14-6-5-7-18(14)15(19)12-9-17-11(3)8-13(12)16-4/h8-10,14H,5-7H2,1-4H3,(H,16,17). The second-order valence-corrected chi connectivity index (χ2v) is 5.57. The monoisotopic (exact) mass is 261 g/mol. The van der Waals surface area contributed by atoms with Gasteiger partial charge in [-0.05, 0) is 31.7 Å². The van der Waals surface area contributed by atoms with Crippen molar-refractivity contribution >= 4 is 11.6 Å². The lowest BCUT2D eigenvalue weighted by molar-refractivity contribution is 0.0702. The maximum atomic E-state index is 12.7. The number of hydrogen-bond donors (Lipinski definition) is 1. The smallest absolute Gasteiger partial charge is 0.257 e. The van der Waals surface area contributed by atoms with Crippen LogP contribution in [0.5, 0.6) is 0 Å². The van der Waals surface area contributed by atoms with E-state index in [4.69, 9.17) is 0 Å². The van der Waals surface area contributed by atoms with Gasteiger partial charge >= 0.3 is 0 Å². The molecule has 4 nitrogen and oxygen atoms in total. The van der Waals surface area contributed by atoms with E-state index in [0.717, 1.165) is 30.8 Å². The van der Waals surface area contributed by atoms with Crippen molar-refractivity contribution in [3.8, 4) is 0 Å². The van der Waals surface area contributed by atoms with E-state index in [9.17, 15) is 4.79 Å². The topological polar surface area (TPSA) is 45.2 Å². The van der Waals surface area contributed by atoms with Gasteiger partial charge in [-0.15, -0.1) is 0 Å². The van der Waals surface area contributed by atoms with Gasteiger partial charge < -0.3 is 10.2 Å². The Morgan fingerprint density at radius 1 is 1.53 bits per heavy atom. The summed E-state index contributed by atoms with van der Waals surface area (Å²) in [5.41, 5.74) is 2.47. The lowest BCUT2D eigenvalue weighted by Crippen LogP contribution is -2.38. The molecule has 1 unspecified atom stereocenters. The highest BCUT2D eigenvalue weighted by Gasteiger charge is 2.32. The van der Waals surface area contributed by atoms with E-state index in [-0.39, 0.29) is 5.91 Å². The average Bonchev–Trinajstić information content (AvgIpc) is 2.87. The molecule has 0 spiro atoms. The molecule has 0 radical (unpaired) electrons. The van der Waals surface area contributed by atoms with Crippen LogP contribution in [0.25, 0.3) is 0 Å². The highest BCUT2D eigenvalue weighted by Crippen LogP contribution is 2.27. The van der Waals surface area contributed by atoms with Gasteiger partial charge in [0.25, 0.3) is 5.91 Å². The number of pyridine rings is 1. The van der Waals surface area contributed by atoms with Crippen LogP contribution in [0, 0.1) is 12.8 Å². The number of rotatable bonds is 3. The van der Waals surface area contributed by atoms with Crippen LogP contribution < -0.4 is 5.32 Å². The fraction of sp³-hybridized carbons (Fsp3) is 0.600. The molecule has 0 bridgehead atoms. The van der Waals surface area contributed by atoms with Crippen LogP contribution in [0.2, 0.25) is 0 Å². The quantitative estimate of drug-likeness (QED) is 0.910. The molecule has 1 aromatic heterocycles. The molecule has 0 aromatic carbocycles. The molecule has 2 rings (SSSR count). The van der Waals surface area contributed by atoms with Crippen molar-refractivity contribution in [2.75, 3.05) is 18.9 Å². The zero-order valence-electron chi connectivity index (χ0n) is 12.2. The lowest BCUT2D eigenvalue weighted by atomic mass is 10.0. The summed E-state index contributed by atoms with van der Waals surface area (Å²) in [4.78, 5) is 19.0. The third-order valence-corrected chi connectivity index (χ3v) is 3.87. The molecule has 4 heteroatoms. The predicted molar refractivity (Wildman–Crippen MR) is 77.4 cm³/mol. The number of carbonyl (C=O) groups is 1. The van der Waals surface area contributed by atoms with Gasteiger partial charge in [-0.25, -0.2) is 0 Å². The van der Waals surface area contributed by atoms with Crippen molar-refractivity contribution in [2.24, 2.45) is 5.92 Å². The summed E-state index contributed by atoms with van der Waals surface area (Å²) in [5, 5.41) is 3.10. The molecule has 1 fully saturated rings. The zero-order valence-corrected chi connectivity index (χ0v) is 12.2. The van der Waals surface area contributed by atoms with Crippen molar-refractivity contribution in [3.63, 3.8) is 0 Å².